The SMILES string of the molecule is CCOC(=O)N1Cc2ccc(F)cc2C[C@H]1C(=O)OC. The molecule has 0 bridgehead atoms. The van der Waals surface area contributed by atoms with Crippen molar-refractivity contribution in [2.75, 3.05) is 13.7 Å². The van der Waals surface area contributed by atoms with E-state index in [1.807, 2.05) is 0 Å². The highest BCUT2D eigenvalue weighted by Gasteiger charge is 2.36. The fourth-order valence-electron chi connectivity index (χ4n) is 2.30. The summed E-state index contributed by atoms with van der Waals surface area (Å²) in [4.78, 5) is 25.1. The van der Waals surface area contributed by atoms with Crippen LogP contribution >= 0.6 is 0 Å². The predicted molar refractivity (Wildman–Crippen MR) is 68.5 cm³/mol. The Morgan fingerprint density at radius 1 is 1.40 bits per heavy atom. The minimum absolute atomic E-state index is 0.203. The van der Waals surface area contributed by atoms with Gasteiger partial charge in [0.25, 0.3) is 0 Å². The van der Waals surface area contributed by atoms with Crippen LogP contribution in [0.15, 0.2) is 18.2 Å². The molecule has 1 heterocycles. The largest absolute Gasteiger partial charge is 0.467 e. The first-order chi connectivity index (χ1) is 9.56. The lowest BCUT2D eigenvalue weighted by Gasteiger charge is -2.34. The molecule has 0 unspecified atom stereocenters. The Morgan fingerprint density at radius 2 is 2.15 bits per heavy atom. The third-order valence-electron chi connectivity index (χ3n) is 3.27. The molecule has 1 amide bonds. The highest BCUT2D eigenvalue weighted by molar-refractivity contribution is 5.82. The van der Waals surface area contributed by atoms with Gasteiger partial charge in [-0.1, -0.05) is 6.07 Å². The van der Waals surface area contributed by atoms with Crippen LogP contribution in [-0.4, -0.2) is 36.7 Å². The number of hydrogen-bond donors (Lipinski definition) is 0. The molecule has 0 fully saturated rings. The van der Waals surface area contributed by atoms with E-state index in [1.165, 1.54) is 24.1 Å². The maximum Gasteiger partial charge on any atom is 0.410 e. The molecular weight excluding hydrogens is 265 g/mol. The van der Waals surface area contributed by atoms with Gasteiger partial charge in [-0.15, -0.1) is 0 Å². The van der Waals surface area contributed by atoms with E-state index in [9.17, 15) is 14.0 Å². The Bertz CT molecular complexity index is 532. The zero-order valence-electron chi connectivity index (χ0n) is 11.4. The molecule has 0 N–H and O–H groups in total. The summed E-state index contributed by atoms with van der Waals surface area (Å²) in [5, 5.41) is 0. The van der Waals surface area contributed by atoms with Gasteiger partial charge in [-0.2, -0.15) is 0 Å². The number of ether oxygens (including phenoxy) is 2. The van der Waals surface area contributed by atoms with Gasteiger partial charge in [0.05, 0.1) is 20.3 Å². The van der Waals surface area contributed by atoms with E-state index in [2.05, 4.69) is 0 Å². The van der Waals surface area contributed by atoms with Crippen molar-refractivity contribution in [2.45, 2.75) is 25.9 Å². The molecule has 0 spiro atoms. The molecule has 1 aromatic rings. The van der Waals surface area contributed by atoms with Crippen LogP contribution in [0.3, 0.4) is 0 Å². The summed E-state index contributed by atoms with van der Waals surface area (Å²) in [5.41, 5.74) is 1.51. The first kappa shape index (κ1) is 14.3. The summed E-state index contributed by atoms with van der Waals surface area (Å²) in [6.45, 7) is 2.12. The van der Waals surface area contributed by atoms with Crippen molar-refractivity contribution < 1.29 is 23.5 Å². The van der Waals surface area contributed by atoms with Crippen LogP contribution in [0.4, 0.5) is 9.18 Å². The zero-order valence-corrected chi connectivity index (χ0v) is 11.4. The summed E-state index contributed by atoms with van der Waals surface area (Å²) < 4.78 is 22.9. The Kier molecular flexibility index (Phi) is 4.22. The van der Waals surface area contributed by atoms with Gasteiger partial charge in [0.2, 0.25) is 0 Å². The number of carbonyl (C=O) groups excluding carboxylic acids is 2. The third kappa shape index (κ3) is 2.74. The van der Waals surface area contributed by atoms with Crippen LogP contribution in [0.1, 0.15) is 18.1 Å². The second kappa shape index (κ2) is 5.90. The van der Waals surface area contributed by atoms with Crippen LogP contribution in [0.2, 0.25) is 0 Å². The van der Waals surface area contributed by atoms with Crippen LogP contribution in [-0.2, 0) is 27.2 Å². The fourth-order valence-corrected chi connectivity index (χ4v) is 2.30. The number of benzene rings is 1. The van der Waals surface area contributed by atoms with Crippen molar-refractivity contribution >= 4 is 12.1 Å². The predicted octanol–water partition coefficient (Wildman–Crippen LogP) is 1.88. The van der Waals surface area contributed by atoms with E-state index in [0.29, 0.717) is 5.56 Å². The van der Waals surface area contributed by atoms with Crippen molar-refractivity contribution in [3.8, 4) is 0 Å². The van der Waals surface area contributed by atoms with Crippen molar-refractivity contribution in [3.63, 3.8) is 0 Å². The number of methoxy groups -OCH3 is 1. The molecular formula is C14H16FNO4. The van der Waals surface area contributed by atoms with E-state index < -0.39 is 18.1 Å². The van der Waals surface area contributed by atoms with E-state index in [-0.39, 0.29) is 25.4 Å². The molecule has 0 aliphatic carbocycles. The van der Waals surface area contributed by atoms with E-state index in [0.717, 1.165) is 5.56 Å². The zero-order chi connectivity index (χ0) is 14.7. The number of halogens is 1. The lowest BCUT2D eigenvalue weighted by Crippen LogP contribution is -2.49. The Hall–Kier alpha value is -2.11. The van der Waals surface area contributed by atoms with Crippen LogP contribution in [0.25, 0.3) is 0 Å². The minimum atomic E-state index is -0.784. The van der Waals surface area contributed by atoms with Gasteiger partial charge >= 0.3 is 12.1 Å². The highest BCUT2D eigenvalue weighted by atomic mass is 19.1. The highest BCUT2D eigenvalue weighted by Crippen LogP contribution is 2.25. The Morgan fingerprint density at radius 3 is 2.80 bits per heavy atom. The Labute approximate surface area is 116 Å². The topological polar surface area (TPSA) is 55.8 Å². The van der Waals surface area contributed by atoms with E-state index in [1.54, 1.807) is 13.0 Å². The van der Waals surface area contributed by atoms with E-state index in [4.69, 9.17) is 9.47 Å². The van der Waals surface area contributed by atoms with Gasteiger partial charge in [0.1, 0.15) is 11.9 Å². The molecule has 108 valence electrons. The molecule has 1 atom stereocenters. The van der Waals surface area contributed by atoms with Gasteiger partial charge in [-0.3, -0.25) is 4.90 Å². The molecule has 6 heteroatoms. The number of esters is 1. The van der Waals surface area contributed by atoms with Gasteiger partial charge in [-0.05, 0) is 30.2 Å². The average Bonchev–Trinajstić information content (AvgIpc) is 2.45. The number of carbonyl (C=O) groups is 2. The molecule has 0 saturated heterocycles. The first-order valence-electron chi connectivity index (χ1n) is 6.35. The molecule has 20 heavy (non-hydrogen) atoms. The maximum atomic E-state index is 13.3. The summed E-state index contributed by atoms with van der Waals surface area (Å²) in [6.07, 6.45) is -0.351. The van der Waals surface area contributed by atoms with Gasteiger partial charge in [-0.25, -0.2) is 14.0 Å². The van der Waals surface area contributed by atoms with Gasteiger partial charge in [0, 0.05) is 6.42 Å². The van der Waals surface area contributed by atoms with Gasteiger partial charge < -0.3 is 9.47 Å². The molecule has 0 radical (unpaired) electrons. The molecule has 5 nitrogen and oxygen atoms in total. The second-order valence-corrected chi connectivity index (χ2v) is 4.48. The van der Waals surface area contributed by atoms with Crippen molar-refractivity contribution in [1.82, 2.24) is 4.90 Å². The standard InChI is InChI=1S/C14H16FNO4/c1-3-20-14(18)16-8-9-4-5-11(15)6-10(9)7-12(16)13(17)19-2/h4-6,12H,3,7-8H2,1-2H3/t12-/m0/s1. The molecule has 0 aromatic heterocycles. The normalized spacial score (nSPS) is 17.4. The van der Waals surface area contributed by atoms with Crippen molar-refractivity contribution in [1.29, 1.82) is 0 Å². The molecule has 1 aliphatic heterocycles. The maximum absolute atomic E-state index is 13.3. The monoisotopic (exact) mass is 281 g/mol. The lowest BCUT2D eigenvalue weighted by atomic mass is 9.94. The van der Waals surface area contributed by atoms with Crippen molar-refractivity contribution in [2.24, 2.45) is 0 Å². The number of fused-ring (bicyclic) bond motifs is 1. The smallest absolute Gasteiger partial charge is 0.410 e. The molecule has 2 rings (SSSR count). The average molecular weight is 281 g/mol. The van der Waals surface area contributed by atoms with E-state index >= 15 is 0 Å². The van der Waals surface area contributed by atoms with Gasteiger partial charge in [0.15, 0.2) is 0 Å². The second-order valence-electron chi connectivity index (χ2n) is 4.48. The molecule has 1 aromatic carbocycles. The lowest BCUT2D eigenvalue weighted by molar-refractivity contribution is -0.147. The summed E-state index contributed by atoms with van der Waals surface area (Å²) >= 11 is 0. The summed E-state index contributed by atoms with van der Waals surface area (Å²) in [5.74, 6) is -0.898. The number of nitrogens with zero attached hydrogens (tertiary/aromatic N) is 1. The van der Waals surface area contributed by atoms with Crippen molar-refractivity contribution in [3.05, 3.63) is 35.1 Å². The number of rotatable bonds is 2. The van der Waals surface area contributed by atoms with Crippen LogP contribution in [0, 0.1) is 5.82 Å². The number of amides is 1. The number of hydrogen-bond acceptors (Lipinski definition) is 4. The Balaban J connectivity index is 2.32. The van der Waals surface area contributed by atoms with Crippen LogP contribution in [0.5, 0.6) is 0 Å². The molecule has 0 saturated carbocycles. The quantitative estimate of drug-likeness (QED) is 0.777. The minimum Gasteiger partial charge on any atom is -0.467 e. The van der Waals surface area contributed by atoms with Crippen LogP contribution < -0.4 is 0 Å². The summed E-state index contributed by atoms with van der Waals surface area (Å²) in [6, 6.07) is 3.55. The fraction of sp³-hybridized carbons (Fsp3) is 0.429. The molecule has 1 aliphatic rings. The summed E-state index contributed by atoms with van der Waals surface area (Å²) in [7, 11) is 1.26. The first-order valence-corrected chi connectivity index (χ1v) is 6.35. The third-order valence-corrected chi connectivity index (χ3v) is 3.27.